The van der Waals surface area contributed by atoms with Crippen molar-refractivity contribution in [2.24, 2.45) is 5.73 Å². The minimum atomic E-state index is 0.566. The highest BCUT2D eigenvalue weighted by molar-refractivity contribution is 7.99. The maximum Gasteiger partial charge on any atom is 0.0410 e. The molecule has 84 valence electrons. The van der Waals surface area contributed by atoms with E-state index in [9.17, 15) is 0 Å². The Balaban J connectivity index is 2.52. The van der Waals surface area contributed by atoms with Crippen LogP contribution in [0.1, 0.15) is 31.7 Å². The zero-order valence-corrected chi connectivity index (χ0v) is 10.7. The third kappa shape index (κ3) is 4.45. The molecule has 1 aromatic carbocycles. The molecule has 0 fully saturated rings. The van der Waals surface area contributed by atoms with Crippen molar-refractivity contribution in [2.75, 3.05) is 5.75 Å². The molecule has 0 aliphatic rings. The largest absolute Gasteiger partial charge is 0.326 e. The first-order valence-electron chi connectivity index (χ1n) is 5.39. The van der Waals surface area contributed by atoms with Gasteiger partial charge in [-0.25, -0.2) is 0 Å². The second kappa shape index (κ2) is 7.15. The monoisotopic (exact) mass is 243 g/mol. The van der Waals surface area contributed by atoms with Crippen LogP contribution in [0.25, 0.3) is 0 Å². The molecule has 0 radical (unpaired) electrons. The second-order valence-electron chi connectivity index (χ2n) is 3.51. The van der Waals surface area contributed by atoms with Crippen molar-refractivity contribution < 1.29 is 0 Å². The van der Waals surface area contributed by atoms with E-state index >= 15 is 0 Å². The number of thioether (sulfide) groups is 1. The van der Waals surface area contributed by atoms with Gasteiger partial charge in [0.05, 0.1) is 0 Å². The van der Waals surface area contributed by atoms with Crippen LogP contribution in [0.4, 0.5) is 0 Å². The molecular weight excluding hydrogens is 226 g/mol. The molecule has 0 atom stereocenters. The molecule has 0 spiro atoms. The molecule has 1 aromatic rings. The van der Waals surface area contributed by atoms with Crippen molar-refractivity contribution in [3.8, 4) is 0 Å². The van der Waals surface area contributed by atoms with Crippen LogP contribution in [0.15, 0.2) is 23.1 Å². The van der Waals surface area contributed by atoms with Gasteiger partial charge in [-0.1, -0.05) is 31.4 Å². The number of benzene rings is 1. The average Bonchev–Trinajstić information content (AvgIpc) is 2.26. The Hall–Kier alpha value is -0.180. The Bertz CT molecular complexity index is 302. The predicted molar refractivity (Wildman–Crippen MR) is 69.6 cm³/mol. The Kier molecular flexibility index (Phi) is 6.15. The van der Waals surface area contributed by atoms with Crippen LogP contribution >= 0.6 is 23.4 Å². The molecule has 0 heterocycles. The van der Waals surface area contributed by atoms with E-state index in [1.54, 1.807) is 0 Å². The van der Waals surface area contributed by atoms with Crippen molar-refractivity contribution in [3.05, 3.63) is 28.8 Å². The lowest BCUT2D eigenvalue weighted by molar-refractivity contribution is 0.778. The average molecular weight is 244 g/mol. The molecule has 2 N–H and O–H groups in total. The normalized spacial score (nSPS) is 10.6. The maximum absolute atomic E-state index is 5.91. The molecule has 0 aliphatic heterocycles. The van der Waals surface area contributed by atoms with Gasteiger partial charge in [-0.2, -0.15) is 0 Å². The van der Waals surface area contributed by atoms with Crippen molar-refractivity contribution >= 4 is 23.4 Å². The maximum atomic E-state index is 5.91. The summed E-state index contributed by atoms with van der Waals surface area (Å²) in [6.07, 6.45) is 3.84. The van der Waals surface area contributed by atoms with Crippen LogP contribution in [0.5, 0.6) is 0 Å². The van der Waals surface area contributed by atoms with Gasteiger partial charge in [0.2, 0.25) is 0 Å². The fourth-order valence-electron chi connectivity index (χ4n) is 1.38. The van der Waals surface area contributed by atoms with E-state index in [0.717, 1.165) is 10.6 Å². The molecule has 0 bridgehead atoms. The van der Waals surface area contributed by atoms with E-state index in [2.05, 4.69) is 13.0 Å². The van der Waals surface area contributed by atoms with Crippen LogP contribution in [-0.2, 0) is 6.54 Å². The molecule has 0 aliphatic carbocycles. The summed E-state index contributed by atoms with van der Waals surface area (Å²) in [4.78, 5) is 1.28. The van der Waals surface area contributed by atoms with E-state index < -0.39 is 0 Å². The van der Waals surface area contributed by atoms with Crippen LogP contribution in [0, 0.1) is 0 Å². The van der Waals surface area contributed by atoms with E-state index in [1.807, 2.05) is 23.9 Å². The Morgan fingerprint density at radius 3 is 2.80 bits per heavy atom. The number of hydrogen-bond acceptors (Lipinski definition) is 2. The Morgan fingerprint density at radius 1 is 1.33 bits per heavy atom. The molecule has 0 saturated heterocycles. The molecule has 1 rings (SSSR count). The van der Waals surface area contributed by atoms with Crippen molar-refractivity contribution in [1.29, 1.82) is 0 Å². The van der Waals surface area contributed by atoms with Crippen LogP contribution < -0.4 is 5.73 Å². The van der Waals surface area contributed by atoms with Crippen LogP contribution in [0.2, 0.25) is 5.02 Å². The van der Waals surface area contributed by atoms with E-state index in [4.69, 9.17) is 17.3 Å². The van der Waals surface area contributed by atoms with E-state index in [0.29, 0.717) is 6.54 Å². The van der Waals surface area contributed by atoms with Crippen molar-refractivity contribution in [3.63, 3.8) is 0 Å². The molecule has 0 saturated carbocycles. The quantitative estimate of drug-likeness (QED) is 0.602. The lowest BCUT2D eigenvalue weighted by Crippen LogP contribution is -1.98. The zero-order chi connectivity index (χ0) is 11.1. The SMILES string of the molecule is CCCCCSc1ccc(Cl)cc1CN. The number of rotatable bonds is 6. The minimum Gasteiger partial charge on any atom is -0.326 e. The van der Waals surface area contributed by atoms with Gasteiger partial charge in [0, 0.05) is 16.5 Å². The fraction of sp³-hybridized carbons (Fsp3) is 0.500. The number of unbranched alkanes of at least 4 members (excludes halogenated alkanes) is 2. The summed E-state index contributed by atoms with van der Waals surface area (Å²) < 4.78 is 0. The highest BCUT2D eigenvalue weighted by Crippen LogP contribution is 2.26. The summed E-state index contributed by atoms with van der Waals surface area (Å²) in [5, 5.41) is 0.772. The smallest absolute Gasteiger partial charge is 0.0410 e. The highest BCUT2D eigenvalue weighted by Gasteiger charge is 2.02. The van der Waals surface area contributed by atoms with Crippen LogP contribution in [0.3, 0.4) is 0 Å². The summed E-state index contributed by atoms with van der Waals surface area (Å²) in [5.74, 6) is 1.17. The van der Waals surface area contributed by atoms with Gasteiger partial charge in [0.1, 0.15) is 0 Å². The summed E-state index contributed by atoms with van der Waals surface area (Å²) in [5.41, 5.74) is 6.83. The topological polar surface area (TPSA) is 26.0 Å². The first-order valence-corrected chi connectivity index (χ1v) is 6.75. The van der Waals surface area contributed by atoms with Crippen molar-refractivity contribution in [1.82, 2.24) is 0 Å². The Morgan fingerprint density at radius 2 is 2.13 bits per heavy atom. The lowest BCUT2D eigenvalue weighted by Gasteiger charge is -2.07. The van der Waals surface area contributed by atoms with Crippen LogP contribution in [-0.4, -0.2) is 5.75 Å². The molecule has 0 aromatic heterocycles. The molecule has 0 unspecified atom stereocenters. The standard InChI is InChI=1S/C12H18ClNS/c1-2-3-4-7-15-12-6-5-11(13)8-10(12)9-14/h5-6,8H,2-4,7,9,14H2,1H3. The highest BCUT2D eigenvalue weighted by atomic mass is 35.5. The van der Waals surface area contributed by atoms with Gasteiger partial charge < -0.3 is 5.73 Å². The van der Waals surface area contributed by atoms with Gasteiger partial charge in [-0.05, 0) is 35.9 Å². The molecular formula is C12H18ClNS. The molecule has 1 nitrogen and oxygen atoms in total. The minimum absolute atomic E-state index is 0.566. The third-order valence-corrected chi connectivity index (χ3v) is 3.69. The lowest BCUT2D eigenvalue weighted by atomic mass is 10.2. The number of hydrogen-bond donors (Lipinski definition) is 1. The summed E-state index contributed by atoms with van der Waals surface area (Å²) in [6, 6.07) is 5.97. The summed E-state index contributed by atoms with van der Waals surface area (Å²) in [7, 11) is 0. The van der Waals surface area contributed by atoms with E-state index in [1.165, 1.54) is 29.9 Å². The van der Waals surface area contributed by atoms with Gasteiger partial charge in [-0.3, -0.25) is 0 Å². The predicted octanol–water partition coefficient (Wildman–Crippen LogP) is 4.08. The van der Waals surface area contributed by atoms with E-state index in [-0.39, 0.29) is 0 Å². The molecule has 15 heavy (non-hydrogen) atoms. The Labute approximate surface area is 101 Å². The van der Waals surface area contributed by atoms with Gasteiger partial charge in [-0.15, -0.1) is 11.8 Å². The first kappa shape index (κ1) is 12.9. The zero-order valence-electron chi connectivity index (χ0n) is 9.13. The second-order valence-corrected chi connectivity index (χ2v) is 5.08. The first-order chi connectivity index (χ1) is 7.27. The molecule has 0 amide bonds. The van der Waals surface area contributed by atoms with Gasteiger partial charge in [0.25, 0.3) is 0 Å². The van der Waals surface area contributed by atoms with Crippen molar-refractivity contribution in [2.45, 2.75) is 37.6 Å². The number of nitrogens with two attached hydrogens (primary N) is 1. The number of halogens is 1. The van der Waals surface area contributed by atoms with Gasteiger partial charge in [0.15, 0.2) is 0 Å². The summed E-state index contributed by atoms with van der Waals surface area (Å²) >= 11 is 7.80. The van der Waals surface area contributed by atoms with Gasteiger partial charge >= 0.3 is 0 Å². The summed E-state index contributed by atoms with van der Waals surface area (Å²) in [6.45, 7) is 2.79. The fourth-order valence-corrected chi connectivity index (χ4v) is 2.64. The molecule has 3 heteroatoms. The third-order valence-electron chi connectivity index (χ3n) is 2.25.